The number of hydrogen-bond donors (Lipinski definition) is 3. The largest absolute Gasteiger partial charge is 0.391 e. The molecule has 0 amide bonds. The molecule has 0 bridgehead atoms. The molecule has 2 atom stereocenters. The maximum Gasteiger partial charge on any atom is 0.227 e. The van der Waals surface area contributed by atoms with Gasteiger partial charge in [-0.3, -0.25) is 4.98 Å². The van der Waals surface area contributed by atoms with Gasteiger partial charge in [0.2, 0.25) is 5.95 Å². The van der Waals surface area contributed by atoms with E-state index in [4.69, 9.17) is 0 Å². The zero-order valence-corrected chi connectivity index (χ0v) is 17.1. The molecule has 0 unspecified atom stereocenters. The fourth-order valence-electron chi connectivity index (χ4n) is 3.08. The number of nitrogens with zero attached hydrogens (tertiary/aromatic N) is 5. The smallest absolute Gasteiger partial charge is 0.227 e. The van der Waals surface area contributed by atoms with E-state index < -0.39 is 6.10 Å². The van der Waals surface area contributed by atoms with E-state index in [0.29, 0.717) is 18.3 Å². The summed E-state index contributed by atoms with van der Waals surface area (Å²) in [6.07, 6.45) is 3.83. The number of nitrogens with one attached hydrogen (secondary N) is 2. The Morgan fingerprint density at radius 2 is 1.96 bits per heavy atom. The Balaban J connectivity index is 1.98. The maximum absolute atomic E-state index is 9.98. The normalized spacial score (nSPS) is 13.7. The molecule has 3 aromatic heterocycles. The average molecular weight is 384 g/mol. The van der Waals surface area contributed by atoms with E-state index in [0.717, 1.165) is 28.8 Å². The molecule has 3 heterocycles. The van der Waals surface area contributed by atoms with E-state index in [1.807, 2.05) is 30.5 Å². The number of aryl methyl sites for hydroxylation is 1. The third-order valence-corrected chi connectivity index (χ3v) is 4.86. The molecule has 0 saturated heterocycles. The minimum Gasteiger partial charge on any atom is -0.391 e. The van der Waals surface area contributed by atoms with E-state index in [1.165, 1.54) is 0 Å². The molecule has 0 aliphatic heterocycles. The van der Waals surface area contributed by atoms with Crippen LogP contribution in [-0.2, 0) is 6.54 Å². The van der Waals surface area contributed by atoms with Crippen LogP contribution in [-0.4, -0.2) is 41.8 Å². The van der Waals surface area contributed by atoms with Gasteiger partial charge in [-0.1, -0.05) is 13.0 Å². The fourth-order valence-corrected chi connectivity index (χ4v) is 3.08. The minimum atomic E-state index is -0.508. The topological polar surface area (TPSA) is 101 Å². The number of aliphatic hydroxyl groups excluding tert-OH is 1. The molecule has 0 aliphatic rings. The van der Waals surface area contributed by atoms with Crippen LogP contribution in [0.2, 0.25) is 0 Å². The van der Waals surface area contributed by atoms with E-state index in [2.05, 4.69) is 44.4 Å². The predicted octanol–water partition coefficient (Wildman–Crippen LogP) is 3.29. The van der Waals surface area contributed by atoms with Crippen molar-refractivity contribution in [3.8, 4) is 0 Å². The van der Waals surface area contributed by atoms with E-state index in [9.17, 15) is 5.11 Å². The first kappa shape index (κ1) is 20.0. The van der Waals surface area contributed by atoms with Gasteiger partial charge >= 0.3 is 0 Å². The molecule has 0 aromatic carbocycles. The Bertz CT molecular complexity index is 935. The molecule has 3 rings (SSSR count). The highest BCUT2D eigenvalue weighted by Gasteiger charge is 2.18. The molecule has 0 fully saturated rings. The summed E-state index contributed by atoms with van der Waals surface area (Å²) < 4.78 is 2.02. The predicted molar refractivity (Wildman–Crippen MR) is 111 cm³/mol. The Morgan fingerprint density at radius 3 is 2.61 bits per heavy atom. The molecule has 8 heteroatoms. The summed E-state index contributed by atoms with van der Waals surface area (Å²) in [5, 5.41) is 16.6. The van der Waals surface area contributed by atoms with Crippen molar-refractivity contribution in [2.45, 2.75) is 65.8 Å². The van der Waals surface area contributed by atoms with Crippen molar-refractivity contribution in [2.24, 2.45) is 0 Å². The number of imidazole rings is 1. The number of aromatic nitrogens is 5. The van der Waals surface area contributed by atoms with E-state index in [-0.39, 0.29) is 12.1 Å². The minimum absolute atomic E-state index is 0.126. The second-order valence-electron chi connectivity index (χ2n) is 7.33. The summed E-state index contributed by atoms with van der Waals surface area (Å²) >= 11 is 0. The van der Waals surface area contributed by atoms with Crippen molar-refractivity contribution in [2.75, 3.05) is 10.6 Å². The number of aliphatic hydroxyl groups is 1. The van der Waals surface area contributed by atoms with Gasteiger partial charge in [0.1, 0.15) is 0 Å². The quantitative estimate of drug-likeness (QED) is 0.549. The SMILES string of the molecule is CC[C@H](Nc1nc(NCc2ncccc2C)c2ncn(C(C)C)c2n1)[C@@H](C)O. The molecule has 3 aromatic rings. The Morgan fingerprint density at radius 1 is 1.18 bits per heavy atom. The average Bonchev–Trinajstić information content (AvgIpc) is 3.09. The van der Waals surface area contributed by atoms with Crippen molar-refractivity contribution in [3.05, 3.63) is 35.9 Å². The van der Waals surface area contributed by atoms with Gasteiger partial charge < -0.3 is 20.3 Å². The third kappa shape index (κ3) is 4.22. The second-order valence-corrected chi connectivity index (χ2v) is 7.33. The first-order chi connectivity index (χ1) is 13.4. The summed E-state index contributed by atoms with van der Waals surface area (Å²) in [7, 11) is 0. The van der Waals surface area contributed by atoms with E-state index >= 15 is 0 Å². The molecule has 28 heavy (non-hydrogen) atoms. The molecule has 0 spiro atoms. The molecule has 0 aliphatic carbocycles. The van der Waals surface area contributed by atoms with Crippen LogP contribution in [0.25, 0.3) is 11.2 Å². The summed E-state index contributed by atoms with van der Waals surface area (Å²) in [4.78, 5) is 18.3. The molecule has 150 valence electrons. The second kappa shape index (κ2) is 8.52. The summed E-state index contributed by atoms with van der Waals surface area (Å²) in [5.74, 6) is 1.13. The number of pyridine rings is 1. The van der Waals surface area contributed by atoms with Crippen LogP contribution in [0.1, 0.15) is 51.4 Å². The Labute approximate surface area is 165 Å². The van der Waals surface area contributed by atoms with Crippen LogP contribution in [0.4, 0.5) is 11.8 Å². The van der Waals surface area contributed by atoms with Gasteiger partial charge in [-0.15, -0.1) is 0 Å². The summed E-state index contributed by atoms with van der Waals surface area (Å²) in [6, 6.07) is 4.06. The monoisotopic (exact) mass is 383 g/mol. The van der Waals surface area contributed by atoms with E-state index in [1.54, 1.807) is 19.4 Å². The lowest BCUT2D eigenvalue weighted by Crippen LogP contribution is -2.31. The van der Waals surface area contributed by atoms with Crippen LogP contribution < -0.4 is 10.6 Å². The Hall–Kier alpha value is -2.74. The molecular weight excluding hydrogens is 354 g/mol. The van der Waals surface area contributed by atoms with Crippen molar-refractivity contribution < 1.29 is 5.11 Å². The highest BCUT2D eigenvalue weighted by molar-refractivity contribution is 5.84. The van der Waals surface area contributed by atoms with Gasteiger partial charge in [-0.2, -0.15) is 9.97 Å². The van der Waals surface area contributed by atoms with Gasteiger partial charge in [0.05, 0.1) is 30.7 Å². The zero-order chi connectivity index (χ0) is 20.3. The first-order valence-corrected chi connectivity index (χ1v) is 9.74. The van der Waals surface area contributed by atoms with Crippen LogP contribution in [0.3, 0.4) is 0 Å². The highest BCUT2D eigenvalue weighted by Crippen LogP contribution is 2.24. The maximum atomic E-state index is 9.98. The van der Waals surface area contributed by atoms with Gasteiger partial charge in [-0.05, 0) is 45.7 Å². The molecule has 0 radical (unpaired) electrons. The first-order valence-electron chi connectivity index (χ1n) is 9.74. The number of rotatable bonds is 8. The molecule has 3 N–H and O–H groups in total. The molecule has 8 nitrogen and oxygen atoms in total. The van der Waals surface area contributed by atoms with Crippen molar-refractivity contribution >= 4 is 22.9 Å². The Kier molecular flexibility index (Phi) is 6.08. The fraction of sp³-hybridized carbons (Fsp3) is 0.500. The standard InChI is InChI=1S/C20H29N7O/c1-6-15(14(5)28)24-20-25-18(22-10-16-13(4)8-7-9-21-16)17-19(26-20)27(11-23-17)12(2)3/h7-9,11-12,14-15,28H,6,10H2,1-5H3,(H2,22,24,25,26)/t14-,15+/m1/s1. The zero-order valence-electron chi connectivity index (χ0n) is 17.1. The highest BCUT2D eigenvalue weighted by atomic mass is 16.3. The lowest BCUT2D eigenvalue weighted by molar-refractivity contribution is 0.169. The van der Waals surface area contributed by atoms with Crippen LogP contribution in [0, 0.1) is 6.92 Å². The number of anilines is 2. The lowest BCUT2D eigenvalue weighted by Gasteiger charge is -2.20. The van der Waals surface area contributed by atoms with Crippen molar-refractivity contribution in [1.29, 1.82) is 0 Å². The van der Waals surface area contributed by atoms with Crippen molar-refractivity contribution in [3.63, 3.8) is 0 Å². The van der Waals surface area contributed by atoms with Gasteiger partial charge in [0.15, 0.2) is 17.0 Å². The number of hydrogen-bond acceptors (Lipinski definition) is 7. The number of fused-ring (bicyclic) bond motifs is 1. The summed E-state index contributed by atoms with van der Waals surface area (Å²) in [5.41, 5.74) is 3.56. The third-order valence-electron chi connectivity index (χ3n) is 4.86. The van der Waals surface area contributed by atoms with Gasteiger partial charge in [-0.25, -0.2) is 4.98 Å². The van der Waals surface area contributed by atoms with Crippen molar-refractivity contribution in [1.82, 2.24) is 24.5 Å². The van der Waals surface area contributed by atoms with Crippen LogP contribution in [0.5, 0.6) is 0 Å². The molecular formula is C20H29N7O. The van der Waals surface area contributed by atoms with Crippen LogP contribution in [0.15, 0.2) is 24.7 Å². The van der Waals surface area contributed by atoms with Crippen LogP contribution >= 0.6 is 0 Å². The summed E-state index contributed by atoms with van der Waals surface area (Å²) in [6.45, 7) is 10.5. The molecule has 0 saturated carbocycles. The van der Waals surface area contributed by atoms with Gasteiger partial charge in [0, 0.05) is 12.2 Å². The lowest BCUT2D eigenvalue weighted by atomic mass is 10.1. The van der Waals surface area contributed by atoms with Gasteiger partial charge in [0.25, 0.3) is 0 Å².